The minimum Gasteiger partial charge on any atom is -0.280 e. The van der Waals surface area contributed by atoms with Gasteiger partial charge in [0, 0.05) is 29.0 Å². The lowest BCUT2D eigenvalue weighted by Crippen LogP contribution is -2.15. The summed E-state index contributed by atoms with van der Waals surface area (Å²) in [5.41, 5.74) is 2.16. The van der Waals surface area contributed by atoms with Gasteiger partial charge in [0.25, 0.3) is 20.0 Å². The van der Waals surface area contributed by atoms with Crippen molar-refractivity contribution in [3.8, 4) is 11.3 Å². The third-order valence-electron chi connectivity index (χ3n) is 5.32. The molecule has 0 atom stereocenters. The van der Waals surface area contributed by atoms with Crippen LogP contribution < -0.4 is 9.44 Å². The molecular formula is C25H21N5O4S3. The first-order chi connectivity index (χ1) is 17.8. The van der Waals surface area contributed by atoms with Gasteiger partial charge in [0.05, 0.1) is 11.4 Å². The van der Waals surface area contributed by atoms with Crippen LogP contribution in [0, 0.1) is 0 Å². The van der Waals surface area contributed by atoms with Gasteiger partial charge in [-0.3, -0.25) is 14.1 Å². The predicted octanol–water partition coefficient (Wildman–Crippen LogP) is 4.66. The summed E-state index contributed by atoms with van der Waals surface area (Å²) in [5.74, 6) is 0. The van der Waals surface area contributed by atoms with E-state index in [0.717, 1.165) is 16.9 Å². The summed E-state index contributed by atoms with van der Waals surface area (Å²) >= 11 is 1.15. The monoisotopic (exact) mass is 551 g/mol. The smallest absolute Gasteiger partial charge is 0.265 e. The van der Waals surface area contributed by atoms with E-state index in [2.05, 4.69) is 19.5 Å². The molecule has 0 bridgehead atoms. The number of benzene rings is 3. The van der Waals surface area contributed by atoms with E-state index in [1.165, 1.54) is 36.7 Å². The lowest BCUT2D eigenvalue weighted by atomic mass is 10.2. The standard InChI is InChI=1S/C25H21N5O4S3/c31-36(32,29-25-26-15-16-35-25)22-13-11-21(12-14-22)28-37(33,34)23-18-30(17-19-7-3-1-4-8-19)27-24(23)20-9-5-2-6-10-20/h1-16,18,28H,17H2,(H,26,29). The van der Waals surface area contributed by atoms with Crippen molar-refractivity contribution in [2.24, 2.45) is 0 Å². The van der Waals surface area contributed by atoms with Crippen molar-refractivity contribution in [1.29, 1.82) is 0 Å². The Kier molecular flexibility index (Phi) is 6.78. The van der Waals surface area contributed by atoms with Gasteiger partial charge in [-0.15, -0.1) is 11.3 Å². The van der Waals surface area contributed by atoms with Gasteiger partial charge in [-0.25, -0.2) is 21.8 Å². The molecule has 2 heterocycles. The summed E-state index contributed by atoms with van der Waals surface area (Å²) in [6.45, 7) is 0.398. The van der Waals surface area contributed by atoms with E-state index in [9.17, 15) is 16.8 Å². The molecule has 0 unspecified atom stereocenters. The Bertz CT molecular complexity index is 1700. The van der Waals surface area contributed by atoms with E-state index in [1.807, 2.05) is 48.5 Å². The summed E-state index contributed by atoms with van der Waals surface area (Å²) in [6.07, 6.45) is 2.99. The van der Waals surface area contributed by atoms with Crippen molar-refractivity contribution < 1.29 is 16.8 Å². The Balaban J connectivity index is 1.43. The molecule has 0 amide bonds. The van der Waals surface area contributed by atoms with E-state index in [4.69, 9.17) is 0 Å². The normalized spacial score (nSPS) is 11.8. The van der Waals surface area contributed by atoms with E-state index in [0.29, 0.717) is 17.8 Å². The molecule has 12 heteroatoms. The number of rotatable bonds is 9. The molecule has 9 nitrogen and oxygen atoms in total. The number of hydrogen-bond donors (Lipinski definition) is 2. The maximum atomic E-state index is 13.5. The number of nitrogens with zero attached hydrogens (tertiary/aromatic N) is 3. The van der Waals surface area contributed by atoms with Crippen LogP contribution >= 0.6 is 11.3 Å². The Morgan fingerprint density at radius 2 is 1.46 bits per heavy atom. The van der Waals surface area contributed by atoms with Crippen molar-refractivity contribution in [3.05, 3.63) is 108 Å². The molecule has 2 N–H and O–H groups in total. The average molecular weight is 552 g/mol. The molecule has 5 rings (SSSR count). The zero-order valence-electron chi connectivity index (χ0n) is 19.2. The molecule has 0 saturated heterocycles. The average Bonchev–Trinajstić information content (AvgIpc) is 3.55. The van der Waals surface area contributed by atoms with Crippen molar-refractivity contribution in [2.45, 2.75) is 16.3 Å². The van der Waals surface area contributed by atoms with Crippen molar-refractivity contribution in [2.75, 3.05) is 9.44 Å². The molecule has 3 aromatic carbocycles. The minimum absolute atomic E-state index is 0.0109. The first-order valence-electron chi connectivity index (χ1n) is 11.0. The number of aromatic nitrogens is 3. The Morgan fingerprint density at radius 3 is 2.11 bits per heavy atom. The Hall–Kier alpha value is -4.00. The van der Waals surface area contributed by atoms with Crippen LogP contribution in [0.25, 0.3) is 11.3 Å². The lowest BCUT2D eigenvalue weighted by Gasteiger charge is -2.10. The van der Waals surface area contributed by atoms with Crippen LogP contribution in [-0.4, -0.2) is 31.6 Å². The molecule has 0 radical (unpaired) electrons. The first-order valence-corrected chi connectivity index (χ1v) is 14.9. The fourth-order valence-corrected chi connectivity index (χ4v) is 6.63. The lowest BCUT2D eigenvalue weighted by molar-refractivity contribution is 0.600. The maximum Gasteiger partial charge on any atom is 0.265 e. The molecule has 2 aromatic heterocycles. The van der Waals surface area contributed by atoms with E-state index in [-0.39, 0.29) is 20.6 Å². The Labute approximate surface area is 218 Å². The summed E-state index contributed by atoms with van der Waals surface area (Å²) < 4.78 is 58.6. The number of nitrogens with one attached hydrogen (secondary N) is 2. The van der Waals surface area contributed by atoms with Crippen LogP contribution in [0.5, 0.6) is 0 Å². The van der Waals surface area contributed by atoms with Gasteiger partial charge in [0.2, 0.25) is 0 Å². The fourth-order valence-electron chi connectivity index (χ4n) is 3.61. The number of thiazole rings is 1. The highest BCUT2D eigenvalue weighted by Crippen LogP contribution is 2.28. The van der Waals surface area contributed by atoms with Crippen LogP contribution in [0.3, 0.4) is 0 Å². The van der Waals surface area contributed by atoms with Crippen molar-refractivity contribution in [1.82, 2.24) is 14.8 Å². The third kappa shape index (κ3) is 5.71. The zero-order valence-corrected chi connectivity index (χ0v) is 21.7. The molecule has 5 aromatic rings. The molecule has 188 valence electrons. The largest absolute Gasteiger partial charge is 0.280 e. The van der Waals surface area contributed by atoms with Crippen molar-refractivity contribution >= 4 is 42.2 Å². The molecule has 0 fully saturated rings. The van der Waals surface area contributed by atoms with E-state index >= 15 is 0 Å². The highest BCUT2D eigenvalue weighted by atomic mass is 32.2. The summed E-state index contributed by atoms with van der Waals surface area (Å²) in [5, 5.41) is 6.47. The van der Waals surface area contributed by atoms with Gasteiger partial charge in [-0.1, -0.05) is 60.7 Å². The van der Waals surface area contributed by atoms with Gasteiger partial charge in [-0.05, 0) is 29.8 Å². The topological polar surface area (TPSA) is 123 Å². The second-order valence-corrected chi connectivity index (χ2v) is 12.2. The molecule has 0 saturated carbocycles. The minimum atomic E-state index is -4.06. The first kappa shape index (κ1) is 24.7. The van der Waals surface area contributed by atoms with E-state index in [1.54, 1.807) is 22.2 Å². The summed E-state index contributed by atoms with van der Waals surface area (Å²) in [7, 11) is -7.92. The van der Waals surface area contributed by atoms with Crippen LogP contribution in [0.15, 0.2) is 112 Å². The second-order valence-electron chi connectivity index (χ2n) is 7.96. The fraction of sp³-hybridized carbons (Fsp3) is 0.0400. The molecule has 0 aliphatic carbocycles. The number of anilines is 2. The van der Waals surface area contributed by atoms with Gasteiger partial charge in [0.1, 0.15) is 10.6 Å². The van der Waals surface area contributed by atoms with E-state index < -0.39 is 20.0 Å². The van der Waals surface area contributed by atoms with Gasteiger partial charge in [0.15, 0.2) is 5.13 Å². The number of hydrogen-bond acceptors (Lipinski definition) is 7. The molecule has 0 aliphatic heterocycles. The highest BCUT2D eigenvalue weighted by Gasteiger charge is 2.24. The van der Waals surface area contributed by atoms with Crippen LogP contribution in [0.2, 0.25) is 0 Å². The highest BCUT2D eigenvalue weighted by molar-refractivity contribution is 7.93. The summed E-state index contributed by atoms with van der Waals surface area (Å²) in [6, 6.07) is 24.1. The van der Waals surface area contributed by atoms with Crippen LogP contribution in [0.4, 0.5) is 10.8 Å². The zero-order chi connectivity index (χ0) is 25.9. The molecular weight excluding hydrogens is 531 g/mol. The van der Waals surface area contributed by atoms with Crippen LogP contribution in [0.1, 0.15) is 5.56 Å². The second kappa shape index (κ2) is 10.2. The van der Waals surface area contributed by atoms with Gasteiger partial charge >= 0.3 is 0 Å². The van der Waals surface area contributed by atoms with Gasteiger partial charge in [-0.2, -0.15) is 5.10 Å². The maximum absolute atomic E-state index is 13.5. The molecule has 0 aliphatic rings. The number of sulfonamides is 2. The summed E-state index contributed by atoms with van der Waals surface area (Å²) in [4.78, 5) is 3.91. The SMILES string of the molecule is O=S(=O)(Nc1nccs1)c1ccc(NS(=O)(=O)c2cn(Cc3ccccc3)nc2-c2ccccc2)cc1. The molecule has 0 spiro atoms. The van der Waals surface area contributed by atoms with Crippen molar-refractivity contribution in [3.63, 3.8) is 0 Å². The van der Waals surface area contributed by atoms with Gasteiger partial charge < -0.3 is 0 Å². The molecule has 37 heavy (non-hydrogen) atoms. The predicted molar refractivity (Wildman–Crippen MR) is 143 cm³/mol. The quantitative estimate of drug-likeness (QED) is 0.275. The van der Waals surface area contributed by atoms with Crippen LogP contribution in [-0.2, 0) is 26.6 Å². The third-order valence-corrected chi connectivity index (χ3v) is 8.88. The Morgan fingerprint density at radius 1 is 0.784 bits per heavy atom.